The fraction of sp³-hybridized carbons (Fsp3) is 0.550. The van der Waals surface area contributed by atoms with Crippen molar-refractivity contribution in [3.8, 4) is 0 Å². The molecule has 1 saturated heterocycles. The van der Waals surface area contributed by atoms with Gasteiger partial charge in [0.15, 0.2) is 11.6 Å². The van der Waals surface area contributed by atoms with E-state index in [0.717, 1.165) is 37.3 Å². The van der Waals surface area contributed by atoms with Gasteiger partial charge in [-0.1, -0.05) is 35.0 Å². The van der Waals surface area contributed by atoms with Gasteiger partial charge in [-0.25, -0.2) is 0 Å². The summed E-state index contributed by atoms with van der Waals surface area (Å²) in [4.78, 5) is 19.6. The lowest BCUT2D eigenvalue weighted by Gasteiger charge is -2.33. The third-order valence-corrected chi connectivity index (χ3v) is 5.54. The molecule has 1 atom stereocenters. The van der Waals surface area contributed by atoms with E-state index < -0.39 is 0 Å². The Morgan fingerprint density at radius 3 is 2.48 bits per heavy atom. The molecule has 5 nitrogen and oxygen atoms in total. The maximum Gasteiger partial charge on any atom is 0.243 e. The van der Waals surface area contributed by atoms with E-state index >= 15 is 0 Å². The second-order valence-electron chi connectivity index (χ2n) is 7.48. The van der Waals surface area contributed by atoms with Gasteiger partial charge in [-0.15, -0.1) is 0 Å². The number of benzene rings is 1. The standard InChI is InChI=1S/C20H25N3O2/c1-13-3-5-15(6-4-13)18(24)16-9-11-23(12-10-16)14(2)20-21-19(22-25-20)17-7-8-17/h3-6,14,16-17H,7-12H2,1-2H3/t14-/m0/s1. The Hall–Kier alpha value is -2.01. The van der Waals surface area contributed by atoms with Gasteiger partial charge in [0.2, 0.25) is 5.89 Å². The number of carbonyl (C=O) groups excluding carboxylic acids is 1. The number of aryl methyl sites for hydroxylation is 1. The summed E-state index contributed by atoms with van der Waals surface area (Å²) in [7, 11) is 0. The molecule has 0 unspecified atom stereocenters. The van der Waals surface area contributed by atoms with Gasteiger partial charge < -0.3 is 4.52 Å². The molecule has 2 heterocycles. The first kappa shape index (κ1) is 16.5. The van der Waals surface area contributed by atoms with Crippen molar-refractivity contribution in [2.45, 2.75) is 51.5 Å². The first-order valence-corrected chi connectivity index (χ1v) is 9.30. The normalized spacial score (nSPS) is 20.6. The summed E-state index contributed by atoms with van der Waals surface area (Å²) in [6.45, 7) is 5.95. The van der Waals surface area contributed by atoms with Crippen molar-refractivity contribution < 1.29 is 9.32 Å². The van der Waals surface area contributed by atoms with Gasteiger partial charge in [-0.05, 0) is 52.6 Å². The number of rotatable bonds is 5. The zero-order valence-corrected chi connectivity index (χ0v) is 14.9. The lowest BCUT2D eigenvalue weighted by atomic mass is 9.88. The summed E-state index contributed by atoms with van der Waals surface area (Å²) in [6, 6.07) is 8.04. The van der Waals surface area contributed by atoms with Crippen LogP contribution in [0.4, 0.5) is 0 Å². The van der Waals surface area contributed by atoms with Gasteiger partial charge in [0.25, 0.3) is 0 Å². The first-order valence-electron chi connectivity index (χ1n) is 9.30. The third-order valence-electron chi connectivity index (χ3n) is 5.54. The molecule has 4 rings (SSSR count). The van der Waals surface area contributed by atoms with E-state index in [-0.39, 0.29) is 17.7 Å². The van der Waals surface area contributed by atoms with Gasteiger partial charge in [-0.3, -0.25) is 9.69 Å². The minimum atomic E-state index is 0.121. The van der Waals surface area contributed by atoms with Crippen molar-refractivity contribution in [1.29, 1.82) is 0 Å². The molecule has 1 saturated carbocycles. The zero-order valence-electron chi connectivity index (χ0n) is 14.9. The van der Waals surface area contributed by atoms with Crippen molar-refractivity contribution in [2.24, 2.45) is 5.92 Å². The van der Waals surface area contributed by atoms with Gasteiger partial charge >= 0.3 is 0 Å². The smallest absolute Gasteiger partial charge is 0.243 e. The summed E-state index contributed by atoms with van der Waals surface area (Å²) in [6.07, 6.45) is 4.14. The van der Waals surface area contributed by atoms with E-state index in [4.69, 9.17) is 4.52 Å². The topological polar surface area (TPSA) is 59.2 Å². The summed E-state index contributed by atoms with van der Waals surface area (Å²) in [5.41, 5.74) is 2.02. The fourth-order valence-electron chi connectivity index (χ4n) is 3.58. The van der Waals surface area contributed by atoms with Gasteiger partial charge in [0.1, 0.15) is 0 Å². The average Bonchev–Trinajstić information content (AvgIpc) is 3.38. The maximum absolute atomic E-state index is 12.7. The molecule has 2 fully saturated rings. The molecule has 1 aliphatic carbocycles. The minimum Gasteiger partial charge on any atom is -0.338 e. The van der Waals surface area contributed by atoms with Gasteiger partial charge in [-0.2, -0.15) is 4.98 Å². The van der Waals surface area contributed by atoms with E-state index in [1.807, 2.05) is 31.2 Å². The Bertz CT molecular complexity index is 741. The Balaban J connectivity index is 1.35. The van der Waals surface area contributed by atoms with E-state index in [0.29, 0.717) is 11.8 Å². The molecule has 1 aromatic carbocycles. The number of carbonyl (C=O) groups is 1. The molecule has 2 aliphatic rings. The Kier molecular flexibility index (Phi) is 4.42. The van der Waals surface area contributed by atoms with Crippen molar-refractivity contribution >= 4 is 5.78 Å². The van der Waals surface area contributed by atoms with Crippen molar-refractivity contribution in [1.82, 2.24) is 15.0 Å². The second-order valence-corrected chi connectivity index (χ2v) is 7.48. The number of aromatic nitrogens is 2. The number of Topliss-reactive ketones (excluding diaryl/α,β-unsaturated/α-hetero) is 1. The Morgan fingerprint density at radius 2 is 1.84 bits per heavy atom. The van der Waals surface area contributed by atoms with Crippen molar-refractivity contribution in [3.63, 3.8) is 0 Å². The Morgan fingerprint density at radius 1 is 1.16 bits per heavy atom. The molecular weight excluding hydrogens is 314 g/mol. The van der Waals surface area contributed by atoms with Crippen LogP contribution >= 0.6 is 0 Å². The molecule has 0 spiro atoms. The van der Waals surface area contributed by atoms with Crippen LogP contribution in [0.15, 0.2) is 28.8 Å². The summed E-state index contributed by atoms with van der Waals surface area (Å²) >= 11 is 0. The van der Waals surface area contributed by atoms with E-state index in [1.165, 1.54) is 18.4 Å². The molecule has 0 bridgehead atoms. The molecule has 0 radical (unpaired) electrons. The largest absolute Gasteiger partial charge is 0.338 e. The Labute approximate surface area is 148 Å². The molecule has 0 N–H and O–H groups in total. The number of ketones is 1. The van der Waals surface area contributed by atoms with Crippen LogP contribution < -0.4 is 0 Å². The maximum atomic E-state index is 12.7. The van der Waals surface area contributed by atoms with E-state index in [2.05, 4.69) is 22.0 Å². The molecule has 1 aliphatic heterocycles. The molecule has 2 aromatic rings. The van der Waals surface area contributed by atoms with Crippen LogP contribution in [-0.4, -0.2) is 33.9 Å². The van der Waals surface area contributed by atoms with Crippen LogP contribution in [0.25, 0.3) is 0 Å². The highest BCUT2D eigenvalue weighted by Gasteiger charge is 2.33. The highest BCUT2D eigenvalue weighted by molar-refractivity contribution is 5.97. The van der Waals surface area contributed by atoms with Crippen molar-refractivity contribution in [3.05, 3.63) is 47.1 Å². The average molecular weight is 339 g/mol. The lowest BCUT2D eigenvalue weighted by molar-refractivity contribution is 0.0774. The number of hydrogen-bond donors (Lipinski definition) is 0. The zero-order chi connectivity index (χ0) is 17.4. The molecule has 0 amide bonds. The third kappa shape index (κ3) is 3.52. The fourth-order valence-corrected chi connectivity index (χ4v) is 3.58. The van der Waals surface area contributed by atoms with Crippen molar-refractivity contribution in [2.75, 3.05) is 13.1 Å². The van der Waals surface area contributed by atoms with Crippen LogP contribution in [0.1, 0.15) is 72.2 Å². The molecule has 132 valence electrons. The quantitative estimate of drug-likeness (QED) is 0.773. The highest BCUT2D eigenvalue weighted by atomic mass is 16.5. The van der Waals surface area contributed by atoms with Crippen LogP contribution in [0.3, 0.4) is 0 Å². The number of hydrogen-bond acceptors (Lipinski definition) is 5. The number of nitrogens with zero attached hydrogens (tertiary/aromatic N) is 3. The second kappa shape index (κ2) is 6.71. The number of likely N-dealkylation sites (tertiary alicyclic amines) is 1. The SMILES string of the molecule is Cc1ccc(C(=O)C2CCN([C@@H](C)c3nc(C4CC4)no3)CC2)cc1. The van der Waals surface area contributed by atoms with Crippen LogP contribution in [-0.2, 0) is 0 Å². The summed E-state index contributed by atoms with van der Waals surface area (Å²) in [5.74, 6) is 2.50. The van der Waals surface area contributed by atoms with E-state index in [9.17, 15) is 4.79 Å². The minimum absolute atomic E-state index is 0.121. The molecule has 1 aromatic heterocycles. The number of piperidine rings is 1. The summed E-state index contributed by atoms with van der Waals surface area (Å²) < 4.78 is 5.47. The van der Waals surface area contributed by atoms with Crippen LogP contribution in [0.5, 0.6) is 0 Å². The lowest BCUT2D eigenvalue weighted by Crippen LogP contribution is -2.38. The molecular formula is C20H25N3O2. The summed E-state index contributed by atoms with van der Waals surface area (Å²) in [5, 5.41) is 4.12. The predicted molar refractivity (Wildman–Crippen MR) is 94.5 cm³/mol. The molecule has 5 heteroatoms. The highest BCUT2D eigenvalue weighted by Crippen LogP contribution is 2.39. The monoisotopic (exact) mass is 339 g/mol. The van der Waals surface area contributed by atoms with E-state index in [1.54, 1.807) is 0 Å². The first-order chi connectivity index (χ1) is 12.1. The van der Waals surface area contributed by atoms with Gasteiger partial charge in [0.05, 0.1) is 6.04 Å². The molecule has 25 heavy (non-hydrogen) atoms. The van der Waals surface area contributed by atoms with Gasteiger partial charge in [0, 0.05) is 17.4 Å². The van der Waals surface area contributed by atoms with Crippen LogP contribution in [0.2, 0.25) is 0 Å². The predicted octanol–water partition coefficient (Wildman–Crippen LogP) is 3.91. The van der Waals surface area contributed by atoms with Crippen LogP contribution in [0, 0.1) is 12.8 Å².